The van der Waals surface area contributed by atoms with Crippen LogP contribution in [0.1, 0.15) is 0 Å². The molecule has 0 aliphatic heterocycles. The van der Waals surface area contributed by atoms with Gasteiger partial charge in [0.2, 0.25) is 0 Å². The van der Waals surface area contributed by atoms with Gasteiger partial charge >= 0.3 is 0 Å². The van der Waals surface area contributed by atoms with Gasteiger partial charge in [0.05, 0.1) is 7.11 Å². The Hall–Kier alpha value is -1.06. The fourth-order valence-electron chi connectivity index (χ4n) is 1.40. The molecular weight excluding hydrogens is 289 g/mol. The lowest BCUT2D eigenvalue weighted by molar-refractivity contribution is 0.415. The smallest absolute Gasteiger partial charge is 0.129 e. The number of hydrogen-bond acceptors (Lipinski definition) is 2. The minimum atomic E-state index is 0.481. The third-order valence-corrected chi connectivity index (χ3v) is 3.06. The molecule has 0 bridgehead atoms. The van der Waals surface area contributed by atoms with Crippen LogP contribution < -0.4 is 4.74 Å². The monoisotopic (exact) mass is 297 g/mol. The van der Waals surface area contributed by atoms with E-state index < -0.39 is 0 Å². The van der Waals surface area contributed by atoms with Crippen molar-refractivity contribution in [1.29, 1.82) is 0 Å². The largest absolute Gasteiger partial charge is 0.497 e. The number of halogens is 2. The van der Waals surface area contributed by atoms with Gasteiger partial charge in [-0.3, -0.25) is 0 Å². The fraction of sp³-hybridized carbons (Fsp3) is 0.0833. The first-order valence-corrected chi connectivity index (χ1v) is 5.83. The van der Waals surface area contributed by atoms with E-state index in [1.807, 2.05) is 30.3 Å². The lowest BCUT2D eigenvalue weighted by atomic mass is 10.1. The van der Waals surface area contributed by atoms with Gasteiger partial charge in [0.15, 0.2) is 0 Å². The number of ether oxygens (including phenoxy) is 1. The molecule has 0 aliphatic rings. The maximum absolute atomic E-state index is 5.87. The number of rotatable bonds is 2. The Morgan fingerprint density at radius 1 is 1.25 bits per heavy atom. The van der Waals surface area contributed by atoms with E-state index >= 15 is 0 Å². The van der Waals surface area contributed by atoms with Crippen LogP contribution in [0.4, 0.5) is 0 Å². The van der Waals surface area contributed by atoms with Crippen LogP contribution in [-0.2, 0) is 0 Å². The van der Waals surface area contributed by atoms with Crippen LogP contribution in [0.2, 0.25) is 5.15 Å². The van der Waals surface area contributed by atoms with Crippen molar-refractivity contribution in [3.8, 4) is 16.9 Å². The maximum atomic E-state index is 5.87. The molecule has 0 spiro atoms. The van der Waals surface area contributed by atoms with Crippen LogP contribution in [0, 0.1) is 0 Å². The molecule has 0 radical (unpaired) electrons. The standard InChI is InChI=1S/C12H9BrClNO/c1-16-9-4-2-8(3-5-9)10-6-12(14)15-7-11(10)13/h2-7H,1H3. The van der Waals surface area contributed by atoms with Gasteiger partial charge in [-0.05, 0) is 39.7 Å². The van der Waals surface area contributed by atoms with Crippen molar-refractivity contribution in [1.82, 2.24) is 4.98 Å². The van der Waals surface area contributed by atoms with Crippen molar-refractivity contribution in [2.75, 3.05) is 7.11 Å². The summed E-state index contributed by atoms with van der Waals surface area (Å²) in [4.78, 5) is 3.99. The topological polar surface area (TPSA) is 22.1 Å². The van der Waals surface area contributed by atoms with E-state index in [0.717, 1.165) is 21.3 Å². The number of aromatic nitrogens is 1. The molecule has 1 aromatic heterocycles. The van der Waals surface area contributed by atoms with E-state index in [2.05, 4.69) is 20.9 Å². The molecule has 0 atom stereocenters. The van der Waals surface area contributed by atoms with Crippen LogP contribution in [0.25, 0.3) is 11.1 Å². The van der Waals surface area contributed by atoms with Crippen LogP contribution >= 0.6 is 27.5 Å². The summed E-state index contributed by atoms with van der Waals surface area (Å²) < 4.78 is 6.03. The Morgan fingerprint density at radius 3 is 2.56 bits per heavy atom. The molecule has 4 heteroatoms. The Kier molecular flexibility index (Phi) is 3.46. The van der Waals surface area contributed by atoms with E-state index in [1.165, 1.54) is 0 Å². The molecule has 0 unspecified atom stereocenters. The second-order valence-corrected chi connectivity index (χ2v) is 4.46. The minimum Gasteiger partial charge on any atom is -0.497 e. The van der Waals surface area contributed by atoms with Gasteiger partial charge in [-0.1, -0.05) is 23.7 Å². The van der Waals surface area contributed by atoms with E-state index in [0.29, 0.717) is 5.15 Å². The number of benzene rings is 1. The number of methoxy groups -OCH3 is 1. The van der Waals surface area contributed by atoms with Gasteiger partial charge in [-0.25, -0.2) is 4.98 Å². The number of nitrogens with zero attached hydrogens (tertiary/aromatic N) is 1. The maximum Gasteiger partial charge on any atom is 0.129 e. The van der Waals surface area contributed by atoms with Gasteiger partial charge in [0.25, 0.3) is 0 Å². The van der Waals surface area contributed by atoms with Crippen molar-refractivity contribution < 1.29 is 4.74 Å². The van der Waals surface area contributed by atoms with E-state index in [-0.39, 0.29) is 0 Å². The first-order valence-electron chi connectivity index (χ1n) is 4.66. The van der Waals surface area contributed by atoms with E-state index in [1.54, 1.807) is 13.3 Å². The fourth-order valence-corrected chi connectivity index (χ4v) is 2.01. The summed E-state index contributed by atoms with van der Waals surface area (Å²) in [5, 5.41) is 0.481. The molecule has 16 heavy (non-hydrogen) atoms. The Balaban J connectivity index is 2.45. The van der Waals surface area contributed by atoms with E-state index in [9.17, 15) is 0 Å². The molecule has 0 saturated carbocycles. The van der Waals surface area contributed by atoms with Gasteiger partial charge in [-0.15, -0.1) is 0 Å². The molecule has 2 rings (SSSR count). The van der Waals surface area contributed by atoms with Crippen LogP contribution in [0.15, 0.2) is 41.0 Å². The summed E-state index contributed by atoms with van der Waals surface area (Å²) in [5.74, 6) is 0.833. The summed E-state index contributed by atoms with van der Waals surface area (Å²) in [6.45, 7) is 0. The lowest BCUT2D eigenvalue weighted by Crippen LogP contribution is -1.85. The highest BCUT2D eigenvalue weighted by atomic mass is 79.9. The van der Waals surface area contributed by atoms with Crippen LogP contribution in [0.3, 0.4) is 0 Å². The van der Waals surface area contributed by atoms with Gasteiger partial charge in [0.1, 0.15) is 10.9 Å². The van der Waals surface area contributed by atoms with Crippen molar-refractivity contribution in [2.24, 2.45) is 0 Å². The molecule has 1 aromatic carbocycles. The average molecular weight is 299 g/mol. The first kappa shape index (κ1) is 11.4. The van der Waals surface area contributed by atoms with Crippen molar-refractivity contribution in [2.45, 2.75) is 0 Å². The second kappa shape index (κ2) is 4.85. The first-order chi connectivity index (χ1) is 7.70. The molecule has 2 aromatic rings. The molecular formula is C12H9BrClNO. The summed E-state index contributed by atoms with van der Waals surface area (Å²) in [7, 11) is 1.65. The molecule has 82 valence electrons. The molecule has 0 fully saturated rings. The summed E-state index contributed by atoms with van der Waals surface area (Å²) >= 11 is 9.32. The highest BCUT2D eigenvalue weighted by Gasteiger charge is 2.04. The summed E-state index contributed by atoms with van der Waals surface area (Å²) in [6, 6.07) is 9.62. The zero-order valence-electron chi connectivity index (χ0n) is 8.58. The van der Waals surface area contributed by atoms with Gasteiger partial charge in [0, 0.05) is 16.2 Å². The Bertz CT molecular complexity index is 499. The third kappa shape index (κ3) is 2.36. The molecule has 0 aliphatic carbocycles. The minimum absolute atomic E-state index is 0.481. The third-order valence-electron chi connectivity index (χ3n) is 2.22. The number of pyridine rings is 1. The molecule has 2 nitrogen and oxygen atoms in total. The molecule has 0 saturated heterocycles. The van der Waals surface area contributed by atoms with Crippen LogP contribution in [-0.4, -0.2) is 12.1 Å². The molecule has 1 heterocycles. The predicted octanol–water partition coefficient (Wildman–Crippen LogP) is 4.17. The Morgan fingerprint density at radius 2 is 1.94 bits per heavy atom. The van der Waals surface area contributed by atoms with Crippen LogP contribution in [0.5, 0.6) is 5.75 Å². The SMILES string of the molecule is COc1ccc(-c2cc(Cl)ncc2Br)cc1. The van der Waals surface area contributed by atoms with Crippen molar-refractivity contribution in [3.63, 3.8) is 0 Å². The quantitative estimate of drug-likeness (QED) is 0.776. The second-order valence-electron chi connectivity index (χ2n) is 3.22. The number of hydrogen-bond donors (Lipinski definition) is 0. The molecule has 0 N–H and O–H groups in total. The van der Waals surface area contributed by atoms with E-state index in [4.69, 9.17) is 16.3 Å². The highest BCUT2D eigenvalue weighted by molar-refractivity contribution is 9.10. The zero-order chi connectivity index (χ0) is 11.5. The highest BCUT2D eigenvalue weighted by Crippen LogP contribution is 2.30. The Labute approximate surface area is 107 Å². The normalized spacial score (nSPS) is 10.2. The summed E-state index contributed by atoms with van der Waals surface area (Å²) in [6.07, 6.45) is 1.70. The van der Waals surface area contributed by atoms with Crippen molar-refractivity contribution >= 4 is 27.5 Å². The van der Waals surface area contributed by atoms with Crippen molar-refractivity contribution in [3.05, 3.63) is 46.2 Å². The zero-order valence-corrected chi connectivity index (χ0v) is 10.9. The van der Waals surface area contributed by atoms with Gasteiger partial charge in [-0.2, -0.15) is 0 Å². The molecule has 0 amide bonds. The summed E-state index contributed by atoms with van der Waals surface area (Å²) in [5.41, 5.74) is 2.08. The predicted molar refractivity (Wildman–Crippen MR) is 68.9 cm³/mol. The van der Waals surface area contributed by atoms with Gasteiger partial charge < -0.3 is 4.74 Å². The average Bonchev–Trinajstić information content (AvgIpc) is 2.32. The lowest BCUT2D eigenvalue weighted by Gasteiger charge is -2.06.